The van der Waals surface area contributed by atoms with E-state index in [1.165, 1.54) is 13.0 Å². The molecule has 0 aliphatic heterocycles. The third kappa shape index (κ3) is 3.56. The molecule has 0 saturated heterocycles. The standard InChI is InChI=1S/C14H11F3N2O2/c1-8-11(13(20)21)7-18-12(19-8)6-9-3-2-4-10(5-9)14(15,16)17/h2-5,7H,6H2,1H3,(H,20,21). The molecule has 0 spiro atoms. The molecule has 4 nitrogen and oxygen atoms in total. The number of rotatable bonds is 3. The maximum atomic E-state index is 12.6. The molecule has 0 aliphatic rings. The number of nitrogens with zero attached hydrogens (tertiary/aromatic N) is 2. The second kappa shape index (κ2) is 5.51. The summed E-state index contributed by atoms with van der Waals surface area (Å²) in [6.07, 6.45) is -3.14. The zero-order valence-electron chi connectivity index (χ0n) is 11.0. The maximum absolute atomic E-state index is 12.6. The van der Waals surface area contributed by atoms with Gasteiger partial charge in [0, 0.05) is 12.6 Å². The monoisotopic (exact) mass is 296 g/mol. The first-order valence-corrected chi connectivity index (χ1v) is 5.99. The van der Waals surface area contributed by atoms with Crippen molar-refractivity contribution in [2.45, 2.75) is 19.5 Å². The Morgan fingerprint density at radius 3 is 2.62 bits per heavy atom. The highest BCUT2D eigenvalue weighted by Gasteiger charge is 2.30. The lowest BCUT2D eigenvalue weighted by Crippen LogP contribution is -2.08. The number of hydrogen-bond acceptors (Lipinski definition) is 3. The zero-order chi connectivity index (χ0) is 15.6. The van der Waals surface area contributed by atoms with Crippen LogP contribution in [-0.4, -0.2) is 21.0 Å². The molecule has 21 heavy (non-hydrogen) atoms. The van der Waals surface area contributed by atoms with E-state index in [0.717, 1.165) is 18.3 Å². The van der Waals surface area contributed by atoms with Crippen LogP contribution >= 0.6 is 0 Å². The van der Waals surface area contributed by atoms with Crippen LogP contribution in [0.1, 0.15) is 33.0 Å². The molecule has 1 aromatic heterocycles. The summed E-state index contributed by atoms with van der Waals surface area (Å²) < 4.78 is 37.8. The molecule has 0 atom stereocenters. The van der Waals surface area contributed by atoms with E-state index in [9.17, 15) is 18.0 Å². The molecular formula is C14H11F3N2O2. The van der Waals surface area contributed by atoms with Crippen LogP contribution < -0.4 is 0 Å². The molecule has 2 aromatic rings. The maximum Gasteiger partial charge on any atom is 0.416 e. The Kier molecular flexibility index (Phi) is 3.93. The minimum Gasteiger partial charge on any atom is -0.478 e. The van der Waals surface area contributed by atoms with E-state index in [4.69, 9.17) is 5.11 Å². The molecule has 110 valence electrons. The lowest BCUT2D eigenvalue weighted by atomic mass is 10.1. The highest BCUT2D eigenvalue weighted by molar-refractivity contribution is 5.88. The number of aromatic carboxylic acids is 1. The molecule has 7 heteroatoms. The summed E-state index contributed by atoms with van der Waals surface area (Å²) in [6.45, 7) is 1.51. The predicted molar refractivity (Wildman–Crippen MR) is 68.0 cm³/mol. The molecule has 0 amide bonds. The van der Waals surface area contributed by atoms with Crippen molar-refractivity contribution in [3.63, 3.8) is 0 Å². The van der Waals surface area contributed by atoms with Crippen LogP contribution in [0.15, 0.2) is 30.5 Å². The lowest BCUT2D eigenvalue weighted by molar-refractivity contribution is -0.137. The van der Waals surface area contributed by atoms with E-state index in [1.807, 2.05) is 0 Å². The van der Waals surface area contributed by atoms with E-state index in [2.05, 4.69) is 9.97 Å². The Morgan fingerprint density at radius 1 is 1.33 bits per heavy atom. The Balaban J connectivity index is 2.27. The number of benzene rings is 1. The first-order valence-electron chi connectivity index (χ1n) is 5.99. The number of carboxylic acids is 1. The van der Waals surface area contributed by atoms with Crippen molar-refractivity contribution in [2.24, 2.45) is 0 Å². The van der Waals surface area contributed by atoms with Gasteiger partial charge in [0.2, 0.25) is 0 Å². The minimum absolute atomic E-state index is 0.0252. The van der Waals surface area contributed by atoms with Crippen LogP contribution in [0.2, 0.25) is 0 Å². The quantitative estimate of drug-likeness (QED) is 0.945. The van der Waals surface area contributed by atoms with Gasteiger partial charge in [0.05, 0.1) is 16.8 Å². The number of halogens is 3. The molecule has 1 aromatic carbocycles. The summed E-state index contributed by atoms with van der Waals surface area (Å²) >= 11 is 0. The van der Waals surface area contributed by atoms with Crippen LogP contribution in [0.3, 0.4) is 0 Å². The van der Waals surface area contributed by atoms with Crippen molar-refractivity contribution in [1.82, 2.24) is 9.97 Å². The number of carbonyl (C=O) groups is 1. The fourth-order valence-corrected chi connectivity index (χ4v) is 1.85. The molecule has 0 aliphatic carbocycles. The Morgan fingerprint density at radius 2 is 2.05 bits per heavy atom. The van der Waals surface area contributed by atoms with Crippen LogP contribution in [0, 0.1) is 6.92 Å². The summed E-state index contributed by atoms with van der Waals surface area (Å²) in [5, 5.41) is 8.87. The van der Waals surface area contributed by atoms with Crippen molar-refractivity contribution in [2.75, 3.05) is 0 Å². The van der Waals surface area contributed by atoms with E-state index in [1.54, 1.807) is 6.07 Å². The fraction of sp³-hybridized carbons (Fsp3) is 0.214. The zero-order valence-corrected chi connectivity index (χ0v) is 11.0. The average molecular weight is 296 g/mol. The number of alkyl halides is 3. The van der Waals surface area contributed by atoms with Gasteiger partial charge < -0.3 is 5.11 Å². The third-order valence-corrected chi connectivity index (χ3v) is 2.88. The molecule has 0 bridgehead atoms. The second-order valence-electron chi connectivity index (χ2n) is 4.47. The fourth-order valence-electron chi connectivity index (χ4n) is 1.85. The Bertz CT molecular complexity index is 684. The lowest BCUT2D eigenvalue weighted by Gasteiger charge is -2.09. The van der Waals surface area contributed by atoms with Crippen LogP contribution in [0.5, 0.6) is 0 Å². The highest BCUT2D eigenvalue weighted by Crippen LogP contribution is 2.29. The van der Waals surface area contributed by atoms with Gasteiger partial charge in [0.1, 0.15) is 5.82 Å². The normalized spacial score (nSPS) is 11.4. The van der Waals surface area contributed by atoms with Gasteiger partial charge >= 0.3 is 12.1 Å². The van der Waals surface area contributed by atoms with Crippen molar-refractivity contribution in [3.05, 3.63) is 58.7 Å². The summed E-state index contributed by atoms with van der Waals surface area (Å²) in [5.41, 5.74) is -0.0755. The number of aryl methyl sites for hydroxylation is 1. The summed E-state index contributed by atoms with van der Waals surface area (Å²) in [6, 6.07) is 4.88. The van der Waals surface area contributed by atoms with E-state index in [-0.39, 0.29) is 23.5 Å². The van der Waals surface area contributed by atoms with Gasteiger partial charge in [0.25, 0.3) is 0 Å². The molecule has 2 rings (SSSR count). The van der Waals surface area contributed by atoms with E-state index in [0.29, 0.717) is 5.56 Å². The summed E-state index contributed by atoms with van der Waals surface area (Å²) in [7, 11) is 0. The number of aromatic nitrogens is 2. The van der Waals surface area contributed by atoms with Gasteiger partial charge in [-0.15, -0.1) is 0 Å². The van der Waals surface area contributed by atoms with Gasteiger partial charge in [-0.05, 0) is 18.6 Å². The van der Waals surface area contributed by atoms with Gasteiger partial charge in [-0.25, -0.2) is 14.8 Å². The average Bonchev–Trinajstić information content (AvgIpc) is 2.37. The van der Waals surface area contributed by atoms with Crippen LogP contribution in [0.25, 0.3) is 0 Å². The Hall–Kier alpha value is -2.44. The number of hydrogen-bond donors (Lipinski definition) is 1. The molecule has 0 saturated carbocycles. The topological polar surface area (TPSA) is 63.1 Å². The SMILES string of the molecule is Cc1nc(Cc2cccc(C(F)(F)F)c2)ncc1C(=O)O. The molecule has 0 fully saturated rings. The molecular weight excluding hydrogens is 285 g/mol. The minimum atomic E-state index is -4.40. The molecule has 1 N–H and O–H groups in total. The van der Waals surface area contributed by atoms with Crippen molar-refractivity contribution < 1.29 is 23.1 Å². The highest BCUT2D eigenvalue weighted by atomic mass is 19.4. The van der Waals surface area contributed by atoms with Gasteiger partial charge in [0.15, 0.2) is 0 Å². The van der Waals surface area contributed by atoms with Crippen molar-refractivity contribution in [3.8, 4) is 0 Å². The smallest absolute Gasteiger partial charge is 0.416 e. The number of carboxylic acid groups (broad SMARTS) is 1. The first-order chi connectivity index (χ1) is 9.77. The van der Waals surface area contributed by atoms with E-state index < -0.39 is 17.7 Å². The second-order valence-corrected chi connectivity index (χ2v) is 4.47. The molecule has 1 heterocycles. The Labute approximate surface area is 118 Å². The summed E-state index contributed by atoms with van der Waals surface area (Å²) in [4.78, 5) is 18.7. The molecule has 0 radical (unpaired) electrons. The van der Waals surface area contributed by atoms with Gasteiger partial charge in [-0.3, -0.25) is 0 Å². The van der Waals surface area contributed by atoms with Gasteiger partial charge in [-0.1, -0.05) is 18.2 Å². The van der Waals surface area contributed by atoms with Crippen molar-refractivity contribution in [1.29, 1.82) is 0 Å². The third-order valence-electron chi connectivity index (χ3n) is 2.88. The van der Waals surface area contributed by atoms with Crippen LogP contribution in [-0.2, 0) is 12.6 Å². The summed E-state index contributed by atoms with van der Waals surface area (Å²) in [5.74, 6) is -0.866. The van der Waals surface area contributed by atoms with Crippen molar-refractivity contribution >= 4 is 5.97 Å². The van der Waals surface area contributed by atoms with E-state index >= 15 is 0 Å². The molecule has 0 unspecified atom stereocenters. The van der Waals surface area contributed by atoms with Crippen LogP contribution in [0.4, 0.5) is 13.2 Å². The van der Waals surface area contributed by atoms with Gasteiger partial charge in [-0.2, -0.15) is 13.2 Å². The first kappa shape index (κ1) is 15.0. The largest absolute Gasteiger partial charge is 0.478 e. The predicted octanol–water partition coefficient (Wildman–Crippen LogP) is 3.09.